The van der Waals surface area contributed by atoms with Gasteiger partial charge in [0.05, 0.1) is 5.56 Å². The number of nitrogens with zero attached hydrogens (tertiary/aromatic N) is 2. The van der Waals surface area contributed by atoms with Gasteiger partial charge in [-0.15, -0.1) is 0 Å². The van der Waals surface area contributed by atoms with Crippen molar-refractivity contribution in [3.63, 3.8) is 0 Å². The molecule has 6 heteroatoms. The second-order valence-electron chi connectivity index (χ2n) is 8.70. The first-order chi connectivity index (χ1) is 13.3. The van der Waals surface area contributed by atoms with Gasteiger partial charge in [-0.3, -0.25) is 4.90 Å². The van der Waals surface area contributed by atoms with Gasteiger partial charge >= 0.3 is 12.1 Å². The molecule has 0 radical (unpaired) electrons. The molecule has 0 N–H and O–H groups in total. The van der Waals surface area contributed by atoms with Gasteiger partial charge < -0.3 is 14.4 Å². The molecule has 2 aliphatic heterocycles. The molecule has 0 saturated carbocycles. The maximum Gasteiger partial charge on any atom is 0.410 e. The molecule has 28 heavy (non-hydrogen) atoms. The molecule has 1 atom stereocenters. The molecular weight excluding hydrogens is 356 g/mol. The van der Waals surface area contributed by atoms with Crippen LogP contribution in [0.1, 0.15) is 56.8 Å². The van der Waals surface area contributed by atoms with E-state index >= 15 is 0 Å². The standard InChI is InChI=1S/C22H32N2O4/c1-22(2,3)28-21(26)23-14-11-18(12-15-23)24-13-7-10-19(24)16-27-20(25)17-8-5-4-6-9-17/h4-6,8-9,18-19H,7,10-16H2,1-3H3. The van der Waals surface area contributed by atoms with Crippen molar-refractivity contribution in [1.82, 2.24) is 9.80 Å². The summed E-state index contributed by atoms with van der Waals surface area (Å²) >= 11 is 0. The quantitative estimate of drug-likeness (QED) is 0.736. The number of benzene rings is 1. The van der Waals surface area contributed by atoms with Crippen molar-refractivity contribution in [3.05, 3.63) is 35.9 Å². The maximum absolute atomic E-state index is 12.3. The van der Waals surface area contributed by atoms with E-state index in [1.54, 1.807) is 12.1 Å². The van der Waals surface area contributed by atoms with Gasteiger partial charge in [0.15, 0.2) is 0 Å². The smallest absolute Gasteiger partial charge is 0.410 e. The third-order valence-corrected chi connectivity index (χ3v) is 5.42. The molecular formula is C22H32N2O4. The molecule has 0 aliphatic carbocycles. The van der Waals surface area contributed by atoms with Crippen LogP contribution in [0.3, 0.4) is 0 Å². The largest absolute Gasteiger partial charge is 0.460 e. The zero-order chi connectivity index (χ0) is 20.1. The number of carbonyl (C=O) groups excluding carboxylic acids is 2. The van der Waals surface area contributed by atoms with Crippen molar-refractivity contribution < 1.29 is 19.1 Å². The summed E-state index contributed by atoms with van der Waals surface area (Å²) in [7, 11) is 0. The van der Waals surface area contributed by atoms with Crippen molar-refractivity contribution in [2.45, 2.75) is 64.1 Å². The third kappa shape index (κ3) is 5.47. The number of piperidine rings is 1. The van der Waals surface area contributed by atoms with E-state index in [4.69, 9.17) is 9.47 Å². The van der Waals surface area contributed by atoms with Gasteiger partial charge in [0, 0.05) is 25.2 Å². The van der Waals surface area contributed by atoms with Crippen LogP contribution in [0.25, 0.3) is 0 Å². The Kier molecular flexibility index (Phi) is 6.60. The fourth-order valence-corrected chi connectivity index (χ4v) is 4.05. The lowest BCUT2D eigenvalue weighted by Gasteiger charge is -2.39. The van der Waals surface area contributed by atoms with Crippen molar-refractivity contribution in [3.8, 4) is 0 Å². The van der Waals surface area contributed by atoms with Gasteiger partial charge in [-0.25, -0.2) is 9.59 Å². The lowest BCUT2D eigenvalue weighted by atomic mass is 10.0. The molecule has 2 saturated heterocycles. The summed E-state index contributed by atoms with van der Waals surface area (Å²) in [4.78, 5) is 28.8. The van der Waals surface area contributed by atoms with Gasteiger partial charge in [0.25, 0.3) is 0 Å². The zero-order valence-electron chi connectivity index (χ0n) is 17.2. The van der Waals surface area contributed by atoms with E-state index in [0.29, 0.717) is 31.3 Å². The summed E-state index contributed by atoms with van der Waals surface area (Å²) in [6.07, 6.45) is 3.82. The average Bonchev–Trinajstić information content (AvgIpc) is 3.14. The van der Waals surface area contributed by atoms with Gasteiger partial charge in [0.2, 0.25) is 0 Å². The molecule has 2 aliphatic rings. The lowest BCUT2D eigenvalue weighted by Crippen LogP contribution is -2.50. The Bertz CT molecular complexity index is 663. The Labute approximate surface area is 167 Å². The van der Waals surface area contributed by atoms with Crippen LogP contribution in [-0.2, 0) is 9.47 Å². The minimum absolute atomic E-state index is 0.222. The van der Waals surface area contributed by atoms with Gasteiger partial charge in [0.1, 0.15) is 12.2 Å². The first-order valence-electron chi connectivity index (χ1n) is 10.3. The van der Waals surface area contributed by atoms with E-state index < -0.39 is 5.60 Å². The summed E-state index contributed by atoms with van der Waals surface area (Å²) in [5.41, 5.74) is 0.133. The Morgan fingerprint density at radius 2 is 1.71 bits per heavy atom. The van der Waals surface area contributed by atoms with Crippen LogP contribution in [0.4, 0.5) is 4.79 Å². The fraction of sp³-hybridized carbons (Fsp3) is 0.636. The third-order valence-electron chi connectivity index (χ3n) is 5.42. The van der Waals surface area contributed by atoms with E-state index in [-0.39, 0.29) is 18.1 Å². The number of likely N-dealkylation sites (tertiary alicyclic amines) is 2. The van der Waals surface area contributed by atoms with Crippen molar-refractivity contribution in [2.75, 3.05) is 26.2 Å². The van der Waals surface area contributed by atoms with Crippen molar-refractivity contribution in [1.29, 1.82) is 0 Å². The molecule has 6 nitrogen and oxygen atoms in total. The Hall–Kier alpha value is -2.08. The van der Waals surface area contributed by atoms with E-state index in [0.717, 1.165) is 32.2 Å². The van der Waals surface area contributed by atoms with E-state index in [1.165, 1.54) is 0 Å². The Morgan fingerprint density at radius 3 is 2.36 bits per heavy atom. The van der Waals surface area contributed by atoms with Crippen LogP contribution in [0, 0.1) is 0 Å². The number of rotatable bonds is 4. The zero-order valence-corrected chi connectivity index (χ0v) is 17.2. The van der Waals surface area contributed by atoms with Gasteiger partial charge in [-0.1, -0.05) is 18.2 Å². The van der Waals surface area contributed by atoms with E-state index in [9.17, 15) is 9.59 Å². The second-order valence-corrected chi connectivity index (χ2v) is 8.70. The van der Waals surface area contributed by atoms with Crippen LogP contribution in [0.15, 0.2) is 30.3 Å². The monoisotopic (exact) mass is 388 g/mol. The van der Waals surface area contributed by atoms with Gasteiger partial charge in [-0.2, -0.15) is 0 Å². The number of ether oxygens (including phenoxy) is 2. The lowest BCUT2D eigenvalue weighted by molar-refractivity contribution is 0.00793. The molecule has 1 aromatic rings. The fourth-order valence-electron chi connectivity index (χ4n) is 4.05. The molecule has 0 aromatic heterocycles. The molecule has 1 unspecified atom stereocenters. The summed E-state index contributed by atoms with van der Waals surface area (Å²) in [5.74, 6) is -0.257. The highest BCUT2D eigenvalue weighted by molar-refractivity contribution is 5.89. The highest BCUT2D eigenvalue weighted by Gasteiger charge is 2.35. The van der Waals surface area contributed by atoms with Gasteiger partial charge in [-0.05, 0) is 65.1 Å². The Morgan fingerprint density at radius 1 is 1.04 bits per heavy atom. The molecule has 154 valence electrons. The minimum atomic E-state index is -0.462. The first-order valence-corrected chi connectivity index (χ1v) is 10.3. The number of hydrogen-bond acceptors (Lipinski definition) is 5. The number of hydrogen-bond donors (Lipinski definition) is 0. The number of carbonyl (C=O) groups is 2. The highest BCUT2D eigenvalue weighted by Crippen LogP contribution is 2.27. The summed E-state index contributed by atoms with van der Waals surface area (Å²) in [6.45, 7) is 8.57. The topological polar surface area (TPSA) is 59.1 Å². The number of amides is 1. The van der Waals surface area contributed by atoms with Crippen molar-refractivity contribution >= 4 is 12.1 Å². The summed E-state index contributed by atoms with van der Waals surface area (Å²) < 4.78 is 11.1. The van der Waals surface area contributed by atoms with Crippen LogP contribution < -0.4 is 0 Å². The normalized spacial score (nSPS) is 21.5. The van der Waals surface area contributed by atoms with Crippen LogP contribution in [-0.4, -0.2) is 65.8 Å². The molecule has 2 fully saturated rings. The summed E-state index contributed by atoms with van der Waals surface area (Å²) in [6, 6.07) is 9.84. The molecule has 0 bridgehead atoms. The van der Waals surface area contributed by atoms with Crippen LogP contribution >= 0.6 is 0 Å². The molecule has 1 amide bonds. The Balaban J connectivity index is 1.47. The minimum Gasteiger partial charge on any atom is -0.460 e. The predicted molar refractivity (Wildman–Crippen MR) is 107 cm³/mol. The molecule has 2 heterocycles. The molecule has 1 aromatic carbocycles. The maximum atomic E-state index is 12.3. The van der Waals surface area contributed by atoms with E-state index in [1.807, 2.05) is 43.9 Å². The predicted octanol–water partition coefficient (Wildman–Crippen LogP) is 3.71. The average molecular weight is 389 g/mol. The summed E-state index contributed by atoms with van der Waals surface area (Å²) in [5, 5.41) is 0. The van der Waals surface area contributed by atoms with Crippen molar-refractivity contribution in [2.24, 2.45) is 0 Å². The second kappa shape index (κ2) is 8.95. The van der Waals surface area contributed by atoms with Crippen LogP contribution in [0.5, 0.6) is 0 Å². The van der Waals surface area contributed by atoms with Crippen LogP contribution in [0.2, 0.25) is 0 Å². The number of esters is 1. The molecule has 3 rings (SSSR count). The van der Waals surface area contributed by atoms with E-state index in [2.05, 4.69) is 4.90 Å². The first kappa shape index (κ1) is 20.6. The molecule has 0 spiro atoms. The SMILES string of the molecule is CC(C)(C)OC(=O)N1CCC(N2CCCC2COC(=O)c2ccccc2)CC1. The highest BCUT2D eigenvalue weighted by atomic mass is 16.6.